The smallest absolute Gasteiger partial charge is 0.255 e. The highest BCUT2D eigenvalue weighted by Gasteiger charge is 2.13. The highest BCUT2D eigenvalue weighted by Crippen LogP contribution is 2.29. The third-order valence-corrected chi connectivity index (χ3v) is 5.32. The molecule has 0 aliphatic heterocycles. The number of H-pyrrole nitrogens is 1. The summed E-state index contributed by atoms with van der Waals surface area (Å²) in [5.41, 5.74) is 2.67. The Kier molecular flexibility index (Phi) is 7.13. The Morgan fingerprint density at radius 1 is 1.13 bits per heavy atom. The molecular formula is C22H23N3O4S. The first-order valence-electron chi connectivity index (χ1n) is 9.28. The molecule has 0 aliphatic rings. The van der Waals surface area contributed by atoms with Crippen molar-refractivity contribution in [3.05, 3.63) is 75.7 Å². The van der Waals surface area contributed by atoms with Crippen LogP contribution in [0.25, 0.3) is 0 Å². The zero-order valence-corrected chi connectivity index (χ0v) is 17.8. The minimum Gasteiger partial charge on any atom is -0.497 e. The largest absolute Gasteiger partial charge is 0.497 e. The molecule has 7 nitrogen and oxygen atoms in total. The highest BCUT2D eigenvalue weighted by atomic mass is 32.2. The van der Waals surface area contributed by atoms with Crippen LogP contribution in [0, 0.1) is 6.92 Å². The number of benzene rings is 2. The van der Waals surface area contributed by atoms with Crippen LogP contribution in [0.1, 0.15) is 16.8 Å². The van der Waals surface area contributed by atoms with Crippen molar-refractivity contribution >= 4 is 23.4 Å². The lowest BCUT2D eigenvalue weighted by atomic mass is 10.1. The monoisotopic (exact) mass is 425 g/mol. The van der Waals surface area contributed by atoms with Gasteiger partial charge in [0, 0.05) is 23.7 Å². The maximum atomic E-state index is 12.5. The number of nitrogens with zero attached hydrogens (tertiary/aromatic N) is 1. The number of anilines is 1. The van der Waals surface area contributed by atoms with Gasteiger partial charge in [-0.3, -0.25) is 9.59 Å². The number of nitrogens with one attached hydrogen (secondary N) is 2. The molecule has 0 bridgehead atoms. The summed E-state index contributed by atoms with van der Waals surface area (Å²) in [6.07, 6.45) is 0.512. The minimum atomic E-state index is -0.239. The van der Waals surface area contributed by atoms with Crippen LogP contribution < -0.4 is 20.3 Å². The number of ether oxygens (including phenoxy) is 2. The molecule has 0 unspecified atom stereocenters. The fourth-order valence-corrected chi connectivity index (χ4v) is 3.59. The van der Waals surface area contributed by atoms with Crippen molar-refractivity contribution < 1.29 is 14.3 Å². The first-order chi connectivity index (χ1) is 14.5. The molecule has 8 heteroatoms. The SMILES string of the molecule is COc1ccc(NC(=O)CSc2nc(C)c(Cc3ccccc3)c(=O)[nH]2)c(OC)c1. The van der Waals surface area contributed by atoms with Crippen molar-refractivity contribution in [2.24, 2.45) is 0 Å². The quantitative estimate of drug-likeness (QED) is 0.424. The molecule has 0 saturated heterocycles. The Bertz CT molecular complexity index is 1080. The predicted molar refractivity (Wildman–Crippen MR) is 118 cm³/mol. The van der Waals surface area contributed by atoms with E-state index in [4.69, 9.17) is 9.47 Å². The maximum Gasteiger partial charge on any atom is 0.255 e. The normalized spacial score (nSPS) is 10.5. The lowest BCUT2D eigenvalue weighted by Crippen LogP contribution is -2.19. The molecule has 0 atom stereocenters. The molecule has 0 fully saturated rings. The zero-order chi connectivity index (χ0) is 21.5. The second kappa shape index (κ2) is 9.98. The number of methoxy groups -OCH3 is 2. The molecule has 30 heavy (non-hydrogen) atoms. The van der Waals surface area contributed by atoms with Gasteiger partial charge >= 0.3 is 0 Å². The fraction of sp³-hybridized carbons (Fsp3) is 0.227. The molecule has 2 aromatic carbocycles. The highest BCUT2D eigenvalue weighted by molar-refractivity contribution is 7.99. The van der Waals surface area contributed by atoms with Gasteiger partial charge in [-0.05, 0) is 24.6 Å². The molecule has 1 amide bonds. The van der Waals surface area contributed by atoms with Gasteiger partial charge < -0.3 is 19.8 Å². The molecule has 3 aromatic rings. The number of hydrogen-bond acceptors (Lipinski definition) is 6. The number of aromatic nitrogens is 2. The van der Waals surface area contributed by atoms with Crippen molar-refractivity contribution in [2.75, 3.05) is 25.3 Å². The third-order valence-electron chi connectivity index (χ3n) is 4.45. The molecule has 0 radical (unpaired) electrons. The van der Waals surface area contributed by atoms with E-state index in [1.807, 2.05) is 30.3 Å². The van der Waals surface area contributed by atoms with Gasteiger partial charge in [-0.25, -0.2) is 4.98 Å². The lowest BCUT2D eigenvalue weighted by Gasteiger charge is -2.11. The number of carbonyl (C=O) groups excluding carboxylic acids is 1. The van der Waals surface area contributed by atoms with E-state index < -0.39 is 0 Å². The average Bonchev–Trinajstić information content (AvgIpc) is 2.76. The van der Waals surface area contributed by atoms with Gasteiger partial charge in [-0.2, -0.15) is 0 Å². The first-order valence-corrected chi connectivity index (χ1v) is 10.3. The van der Waals surface area contributed by atoms with Crippen LogP contribution in [-0.2, 0) is 11.2 Å². The van der Waals surface area contributed by atoms with Crippen LogP contribution in [-0.4, -0.2) is 35.8 Å². The van der Waals surface area contributed by atoms with Crippen LogP contribution in [0.2, 0.25) is 0 Å². The molecule has 0 spiro atoms. The predicted octanol–water partition coefficient (Wildman–Crippen LogP) is 3.42. The van der Waals surface area contributed by atoms with Crippen LogP contribution in [0.3, 0.4) is 0 Å². The van der Waals surface area contributed by atoms with Gasteiger partial charge in [0.05, 0.1) is 25.7 Å². The number of aromatic amines is 1. The molecule has 2 N–H and O–H groups in total. The van der Waals surface area contributed by atoms with Crippen LogP contribution in [0.5, 0.6) is 11.5 Å². The van der Waals surface area contributed by atoms with Crippen molar-refractivity contribution in [3.8, 4) is 11.5 Å². The molecule has 1 aromatic heterocycles. The Labute approximate surface area is 178 Å². The Balaban J connectivity index is 1.64. The lowest BCUT2D eigenvalue weighted by molar-refractivity contribution is -0.113. The van der Waals surface area contributed by atoms with Gasteiger partial charge in [0.2, 0.25) is 5.91 Å². The number of thioether (sulfide) groups is 1. The molecule has 0 aliphatic carbocycles. The van der Waals surface area contributed by atoms with E-state index in [-0.39, 0.29) is 17.2 Å². The van der Waals surface area contributed by atoms with E-state index in [1.54, 1.807) is 32.2 Å². The van der Waals surface area contributed by atoms with E-state index in [9.17, 15) is 9.59 Å². The number of hydrogen-bond donors (Lipinski definition) is 2. The van der Waals surface area contributed by atoms with Crippen LogP contribution >= 0.6 is 11.8 Å². The summed E-state index contributed by atoms with van der Waals surface area (Å²) < 4.78 is 10.4. The zero-order valence-electron chi connectivity index (χ0n) is 17.0. The Hall–Kier alpha value is -3.26. The minimum absolute atomic E-state index is 0.0929. The van der Waals surface area contributed by atoms with Gasteiger partial charge in [0.1, 0.15) is 11.5 Å². The topological polar surface area (TPSA) is 93.3 Å². The van der Waals surface area contributed by atoms with Crippen LogP contribution in [0.15, 0.2) is 58.5 Å². The maximum absolute atomic E-state index is 12.5. The summed E-state index contributed by atoms with van der Waals surface area (Å²) >= 11 is 1.17. The molecule has 1 heterocycles. The number of carbonyl (C=O) groups is 1. The van der Waals surface area contributed by atoms with E-state index in [2.05, 4.69) is 15.3 Å². The average molecular weight is 426 g/mol. The Morgan fingerprint density at radius 3 is 2.57 bits per heavy atom. The molecular weight excluding hydrogens is 402 g/mol. The molecule has 156 valence electrons. The van der Waals surface area contributed by atoms with Crippen molar-refractivity contribution in [1.29, 1.82) is 0 Å². The molecule has 0 saturated carbocycles. The molecule has 3 rings (SSSR count). The third kappa shape index (κ3) is 5.42. The van der Waals surface area contributed by atoms with E-state index in [1.165, 1.54) is 18.9 Å². The summed E-state index contributed by atoms with van der Waals surface area (Å²) in [6.45, 7) is 1.81. The van der Waals surface area contributed by atoms with E-state index in [0.717, 1.165) is 5.56 Å². The number of rotatable bonds is 8. The second-order valence-corrected chi connectivity index (χ2v) is 7.46. The summed E-state index contributed by atoms with van der Waals surface area (Å²) in [7, 11) is 3.08. The fourth-order valence-electron chi connectivity index (χ4n) is 2.88. The standard InChI is InChI=1S/C22H23N3O4S/c1-14-17(11-15-7-5-4-6-8-15)21(27)25-22(23-14)30-13-20(26)24-18-10-9-16(28-2)12-19(18)29-3/h4-10,12H,11,13H2,1-3H3,(H,24,26)(H,23,25,27). The van der Waals surface area contributed by atoms with Crippen molar-refractivity contribution in [3.63, 3.8) is 0 Å². The van der Waals surface area contributed by atoms with Crippen LogP contribution in [0.4, 0.5) is 5.69 Å². The first kappa shape index (κ1) is 21.4. The Morgan fingerprint density at radius 2 is 1.90 bits per heavy atom. The van der Waals surface area contributed by atoms with Gasteiger partial charge in [0.15, 0.2) is 5.16 Å². The summed E-state index contributed by atoms with van der Waals surface area (Å²) in [5, 5.41) is 3.20. The van der Waals surface area contributed by atoms with Gasteiger partial charge in [-0.15, -0.1) is 0 Å². The number of amides is 1. The van der Waals surface area contributed by atoms with Gasteiger partial charge in [0.25, 0.3) is 5.56 Å². The number of aryl methyl sites for hydroxylation is 1. The van der Waals surface area contributed by atoms with E-state index >= 15 is 0 Å². The van der Waals surface area contributed by atoms with Crippen molar-refractivity contribution in [1.82, 2.24) is 9.97 Å². The van der Waals surface area contributed by atoms with E-state index in [0.29, 0.717) is 40.0 Å². The van der Waals surface area contributed by atoms with Crippen molar-refractivity contribution in [2.45, 2.75) is 18.5 Å². The van der Waals surface area contributed by atoms with Gasteiger partial charge in [-0.1, -0.05) is 42.1 Å². The second-order valence-electron chi connectivity index (χ2n) is 6.50. The summed E-state index contributed by atoms with van der Waals surface area (Å²) in [5.74, 6) is 0.986. The summed E-state index contributed by atoms with van der Waals surface area (Å²) in [4.78, 5) is 32.1. The summed E-state index contributed by atoms with van der Waals surface area (Å²) in [6, 6.07) is 14.9.